The van der Waals surface area contributed by atoms with Gasteiger partial charge in [0, 0.05) is 26.5 Å². The van der Waals surface area contributed by atoms with E-state index in [0.29, 0.717) is 15.6 Å². The van der Waals surface area contributed by atoms with Gasteiger partial charge in [-0.15, -0.1) is 0 Å². The highest BCUT2D eigenvalue weighted by atomic mass is 35.5. The van der Waals surface area contributed by atoms with Crippen molar-refractivity contribution in [2.24, 2.45) is 0 Å². The number of aromatic nitrogens is 1. The Morgan fingerprint density at radius 2 is 1.90 bits per heavy atom. The van der Waals surface area contributed by atoms with Crippen molar-refractivity contribution >= 4 is 40.1 Å². The normalized spacial score (nSPS) is 11.0. The number of carbonyl (C=O) groups is 1. The predicted octanol–water partition coefficient (Wildman–Crippen LogP) is 4.77. The first kappa shape index (κ1) is 14.0. The average Bonchev–Trinajstić information content (AvgIpc) is 2.77. The molecule has 0 fully saturated rings. The fraction of sp³-hybridized carbons (Fsp3) is 0.0625. The molecule has 0 unspecified atom stereocenters. The zero-order valence-corrected chi connectivity index (χ0v) is 12.4. The van der Waals surface area contributed by atoms with Gasteiger partial charge in [0.15, 0.2) is 0 Å². The third-order valence-electron chi connectivity index (χ3n) is 3.34. The van der Waals surface area contributed by atoms with Crippen LogP contribution in [0.4, 0.5) is 0 Å². The molecule has 2 aromatic carbocycles. The molecule has 1 heterocycles. The summed E-state index contributed by atoms with van der Waals surface area (Å²) in [7, 11) is 0. The van der Waals surface area contributed by atoms with E-state index in [1.54, 1.807) is 18.2 Å². The Morgan fingerprint density at radius 3 is 2.62 bits per heavy atom. The van der Waals surface area contributed by atoms with Gasteiger partial charge < -0.3 is 10.1 Å². The number of aromatic amines is 1. The molecular formula is C16H11Cl2NO2. The zero-order chi connectivity index (χ0) is 15.0. The fourth-order valence-corrected chi connectivity index (χ4v) is 2.85. The first-order valence-corrected chi connectivity index (χ1v) is 7.08. The lowest BCUT2D eigenvalue weighted by Gasteiger charge is -2.05. The Hall–Kier alpha value is -1.97. The van der Waals surface area contributed by atoms with E-state index in [4.69, 9.17) is 23.2 Å². The van der Waals surface area contributed by atoms with Gasteiger partial charge in [0.25, 0.3) is 0 Å². The molecule has 0 radical (unpaired) electrons. The lowest BCUT2D eigenvalue weighted by Crippen LogP contribution is -2.01. The van der Waals surface area contributed by atoms with E-state index in [2.05, 4.69) is 4.98 Å². The molecule has 3 aromatic rings. The summed E-state index contributed by atoms with van der Waals surface area (Å²) in [5.74, 6) is -0.899. The van der Waals surface area contributed by atoms with Crippen molar-refractivity contribution in [3.8, 4) is 11.3 Å². The molecule has 1 aromatic heterocycles. The van der Waals surface area contributed by atoms with Gasteiger partial charge in [-0.3, -0.25) is 4.79 Å². The number of aliphatic carboxylic acids is 1. The Labute approximate surface area is 131 Å². The first-order valence-electron chi connectivity index (χ1n) is 6.33. The largest absolute Gasteiger partial charge is 0.481 e. The number of fused-ring (bicyclic) bond motifs is 1. The number of carboxylic acids is 1. The van der Waals surface area contributed by atoms with Crippen LogP contribution in [0.25, 0.3) is 22.2 Å². The number of hydrogen-bond acceptors (Lipinski definition) is 1. The maximum Gasteiger partial charge on any atom is 0.307 e. The zero-order valence-electron chi connectivity index (χ0n) is 10.9. The minimum Gasteiger partial charge on any atom is -0.481 e. The Morgan fingerprint density at radius 1 is 1.14 bits per heavy atom. The number of hydrogen-bond donors (Lipinski definition) is 2. The summed E-state index contributed by atoms with van der Waals surface area (Å²) in [6.45, 7) is 0. The van der Waals surface area contributed by atoms with Gasteiger partial charge in [0.1, 0.15) is 0 Å². The van der Waals surface area contributed by atoms with Crippen molar-refractivity contribution in [3.05, 3.63) is 58.1 Å². The molecule has 0 bridgehead atoms. The van der Waals surface area contributed by atoms with Gasteiger partial charge in [-0.25, -0.2) is 0 Å². The highest BCUT2D eigenvalue weighted by molar-refractivity contribution is 6.33. The van der Waals surface area contributed by atoms with E-state index in [9.17, 15) is 9.90 Å². The predicted molar refractivity (Wildman–Crippen MR) is 85.1 cm³/mol. The number of benzene rings is 2. The lowest BCUT2D eigenvalue weighted by molar-refractivity contribution is -0.136. The van der Waals surface area contributed by atoms with Gasteiger partial charge in [-0.1, -0.05) is 41.4 Å². The van der Waals surface area contributed by atoms with Crippen LogP contribution in [0.2, 0.25) is 10.0 Å². The molecule has 0 saturated heterocycles. The molecule has 0 aliphatic carbocycles. The fourth-order valence-electron chi connectivity index (χ4n) is 2.45. The van der Waals surface area contributed by atoms with Crippen LogP contribution in [0.3, 0.4) is 0 Å². The molecule has 3 rings (SSSR count). The summed E-state index contributed by atoms with van der Waals surface area (Å²) in [5.41, 5.74) is 3.03. The monoisotopic (exact) mass is 319 g/mol. The quantitative estimate of drug-likeness (QED) is 0.730. The van der Waals surface area contributed by atoms with Crippen molar-refractivity contribution < 1.29 is 9.90 Å². The molecule has 3 nitrogen and oxygen atoms in total. The maximum atomic E-state index is 11.2. The summed E-state index contributed by atoms with van der Waals surface area (Å²) in [6.07, 6.45) is -0.0963. The van der Waals surface area contributed by atoms with Crippen LogP contribution in [0.1, 0.15) is 5.56 Å². The van der Waals surface area contributed by atoms with Crippen molar-refractivity contribution in [1.29, 1.82) is 0 Å². The Bertz CT molecular complexity index is 839. The topological polar surface area (TPSA) is 53.1 Å². The van der Waals surface area contributed by atoms with Crippen LogP contribution in [0.5, 0.6) is 0 Å². The van der Waals surface area contributed by atoms with Crippen molar-refractivity contribution in [2.75, 3.05) is 0 Å². The van der Waals surface area contributed by atoms with E-state index >= 15 is 0 Å². The molecule has 21 heavy (non-hydrogen) atoms. The Kier molecular flexibility index (Phi) is 3.62. The second-order valence-electron chi connectivity index (χ2n) is 4.72. The third-order valence-corrected chi connectivity index (χ3v) is 3.90. The average molecular weight is 320 g/mol. The summed E-state index contributed by atoms with van der Waals surface area (Å²) in [4.78, 5) is 14.4. The smallest absolute Gasteiger partial charge is 0.307 e. The van der Waals surface area contributed by atoms with Gasteiger partial charge in [-0.05, 0) is 29.8 Å². The molecule has 0 spiro atoms. The van der Waals surface area contributed by atoms with Crippen molar-refractivity contribution in [1.82, 2.24) is 4.98 Å². The van der Waals surface area contributed by atoms with E-state index in [1.165, 1.54) is 0 Å². The molecule has 0 atom stereocenters. The molecule has 0 aliphatic heterocycles. The summed E-state index contributed by atoms with van der Waals surface area (Å²) >= 11 is 12.3. The number of rotatable bonds is 3. The van der Waals surface area contributed by atoms with Crippen LogP contribution in [0, 0.1) is 0 Å². The molecule has 5 heteroatoms. The van der Waals surface area contributed by atoms with E-state index in [1.807, 2.05) is 24.3 Å². The third kappa shape index (κ3) is 2.62. The minimum atomic E-state index is -0.899. The van der Waals surface area contributed by atoms with Crippen LogP contribution in [-0.2, 0) is 11.2 Å². The maximum absolute atomic E-state index is 11.2. The van der Waals surface area contributed by atoms with Gasteiger partial charge in [-0.2, -0.15) is 0 Å². The second-order valence-corrected chi connectivity index (χ2v) is 5.56. The van der Waals surface area contributed by atoms with Crippen LogP contribution < -0.4 is 0 Å². The summed E-state index contributed by atoms with van der Waals surface area (Å²) in [6, 6.07) is 12.7. The standard InChI is InChI=1S/C16H11Cl2NO2/c17-9-5-6-14-11(7-9)12(8-15(20)21)16(19-14)10-3-1-2-4-13(10)18/h1-7,19H,8H2,(H,20,21). The lowest BCUT2D eigenvalue weighted by atomic mass is 10.0. The SMILES string of the molecule is O=C(O)Cc1c(-c2ccccc2Cl)[nH]c2ccc(Cl)cc12. The molecule has 0 saturated carbocycles. The number of halogens is 2. The first-order chi connectivity index (χ1) is 10.1. The highest BCUT2D eigenvalue weighted by Gasteiger charge is 2.17. The molecule has 2 N–H and O–H groups in total. The van der Waals surface area contributed by atoms with E-state index < -0.39 is 5.97 Å². The number of H-pyrrole nitrogens is 1. The molecular weight excluding hydrogens is 309 g/mol. The van der Waals surface area contributed by atoms with Gasteiger partial charge >= 0.3 is 5.97 Å². The van der Waals surface area contributed by atoms with Crippen LogP contribution in [-0.4, -0.2) is 16.1 Å². The van der Waals surface area contributed by atoms with Crippen LogP contribution >= 0.6 is 23.2 Å². The summed E-state index contributed by atoms with van der Waals surface area (Å²) in [5, 5.41) is 11.1. The van der Waals surface area contributed by atoms with Crippen molar-refractivity contribution in [2.45, 2.75) is 6.42 Å². The van der Waals surface area contributed by atoms with E-state index in [-0.39, 0.29) is 6.42 Å². The number of carboxylic acid groups (broad SMARTS) is 1. The highest BCUT2D eigenvalue weighted by Crippen LogP contribution is 2.35. The van der Waals surface area contributed by atoms with Crippen molar-refractivity contribution in [3.63, 3.8) is 0 Å². The minimum absolute atomic E-state index is 0.0963. The Balaban J connectivity index is 2.31. The van der Waals surface area contributed by atoms with Gasteiger partial charge in [0.2, 0.25) is 0 Å². The second kappa shape index (κ2) is 5.43. The number of nitrogens with one attached hydrogen (secondary N) is 1. The summed E-state index contributed by atoms with van der Waals surface area (Å²) < 4.78 is 0. The van der Waals surface area contributed by atoms with E-state index in [0.717, 1.165) is 22.2 Å². The van der Waals surface area contributed by atoms with Gasteiger partial charge in [0.05, 0.1) is 12.1 Å². The van der Waals surface area contributed by atoms with Crippen LogP contribution in [0.15, 0.2) is 42.5 Å². The molecule has 106 valence electrons. The molecule has 0 aliphatic rings. The molecule has 0 amide bonds.